The summed E-state index contributed by atoms with van der Waals surface area (Å²) in [6.07, 6.45) is -1.57. The molecule has 1 spiro atoms. The second kappa shape index (κ2) is 12.4. The Hall–Kier alpha value is -5.77. The van der Waals surface area contributed by atoms with Crippen LogP contribution in [-0.2, 0) is 22.9 Å². The van der Waals surface area contributed by atoms with Crippen molar-refractivity contribution in [2.45, 2.75) is 43.3 Å². The van der Waals surface area contributed by atoms with Crippen molar-refractivity contribution in [1.82, 2.24) is 34.4 Å². The van der Waals surface area contributed by atoms with E-state index < -0.39 is 34.5 Å². The fraction of sp³-hybridized carbons (Fsp3) is 0.306. The fourth-order valence-electron chi connectivity index (χ4n) is 7.98. The van der Waals surface area contributed by atoms with Crippen LogP contribution in [0.15, 0.2) is 65.6 Å². The second-order valence-electron chi connectivity index (χ2n) is 13.5. The van der Waals surface area contributed by atoms with Gasteiger partial charge in [0, 0.05) is 60.1 Å². The van der Waals surface area contributed by atoms with Crippen molar-refractivity contribution < 1.29 is 32.7 Å². The lowest BCUT2D eigenvalue weighted by Gasteiger charge is -2.41. The van der Waals surface area contributed by atoms with Crippen molar-refractivity contribution >= 4 is 40.8 Å². The number of nitrogens with one attached hydrogen (secondary N) is 2. The Labute approximate surface area is 303 Å². The van der Waals surface area contributed by atoms with Crippen LogP contribution in [0, 0.1) is 5.92 Å². The number of pyridine rings is 1. The Morgan fingerprint density at radius 1 is 1.08 bits per heavy atom. The molecule has 8 rings (SSSR count). The number of carbonyl (C=O) groups is 3. The molecular formula is C36H30ClF3N8O5. The highest BCUT2D eigenvalue weighted by molar-refractivity contribution is 6.33. The van der Waals surface area contributed by atoms with Gasteiger partial charge < -0.3 is 25.2 Å². The topological polar surface area (TPSA) is 164 Å². The number of nitrogens with zero attached hydrogens (tertiary/aromatic N) is 6. The van der Waals surface area contributed by atoms with Crippen LogP contribution in [0.25, 0.3) is 17.2 Å². The number of benzene rings is 2. The Kier molecular flexibility index (Phi) is 8.05. The van der Waals surface area contributed by atoms with Crippen molar-refractivity contribution in [1.29, 1.82) is 0 Å². The molecule has 2 aliphatic carbocycles. The van der Waals surface area contributed by atoms with Gasteiger partial charge >= 0.3 is 6.18 Å². The molecule has 3 aromatic heterocycles. The maximum Gasteiger partial charge on any atom is 0.416 e. The summed E-state index contributed by atoms with van der Waals surface area (Å²) in [7, 11) is 1.51. The first-order valence-corrected chi connectivity index (χ1v) is 17.1. The molecule has 1 saturated carbocycles. The summed E-state index contributed by atoms with van der Waals surface area (Å²) in [5, 5.41) is 19.7. The summed E-state index contributed by atoms with van der Waals surface area (Å²) < 4.78 is 42.6. The zero-order valence-electron chi connectivity index (χ0n) is 27.9. The number of aromatic hydroxyl groups is 1. The Morgan fingerprint density at radius 3 is 2.47 bits per heavy atom. The molecule has 0 unspecified atom stereocenters. The van der Waals surface area contributed by atoms with Gasteiger partial charge in [0.1, 0.15) is 12.3 Å². The van der Waals surface area contributed by atoms with Gasteiger partial charge in [-0.25, -0.2) is 4.98 Å². The van der Waals surface area contributed by atoms with E-state index in [2.05, 4.69) is 20.7 Å². The lowest BCUT2D eigenvalue weighted by molar-refractivity contribution is -0.137. The summed E-state index contributed by atoms with van der Waals surface area (Å²) in [5.41, 5.74) is -0.0245. The monoisotopic (exact) mass is 746 g/mol. The smallest absolute Gasteiger partial charge is 0.416 e. The molecule has 53 heavy (non-hydrogen) atoms. The van der Waals surface area contributed by atoms with Crippen molar-refractivity contribution in [2.75, 3.05) is 25.5 Å². The first-order valence-electron chi connectivity index (χ1n) is 16.8. The Morgan fingerprint density at radius 2 is 1.81 bits per heavy atom. The van der Waals surface area contributed by atoms with E-state index in [0.29, 0.717) is 48.3 Å². The summed E-state index contributed by atoms with van der Waals surface area (Å²) in [6.45, 7) is 0.227. The SMILES string of the molecule is CNC(=O)c1ccc(-c2nc3n(CC(=O)Nc4ccc(C(F)(F)F)cc4Cl)c4c(c(=O)n3n2)C2(CCN(C(=O)c3ncccc3O)CC2)[C@@H]2C[C@H]42)cc1. The number of hydrogen-bond donors (Lipinski definition) is 3. The zero-order valence-corrected chi connectivity index (χ0v) is 28.7. The van der Waals surface area contributed by atoms with Crippen LogP contribution < -0.4 is 16.2 Å². The van der Waals surface area contributed by atoms with Crippen molar-refractivity contribution in [3.05, 3.63) is 104 Å². The Balaban J connectivity index is 1.18. The van der Waals surface area contributed by atoms with Gasteiger partial charge in [-0.2, -0.15) is 22.7 Å². The highest BCUT2D eigenvalue weighted by Gasteiger charge is 2.64. The molecule has 3 N–H and O–H groups in total. The van der Waals surface area contributed by atoms with Crippen molar-refractivity contribution in [3.8, 4) is 17.1 Å². The number of carbonyl (C=O) groups excluding carboxylic acids is 3. The van der Waals surface area contributed by atoms with Gasteiger partial charge in [-0.05, 0) is 67.6 Å². The van der Waals surface area contributed by atoms with Crippen LogP contribution in [-0.4, -0.2) is 72.0 Å². The number of anilines is 1. The van der Waals surface area contributed by atoms with E-state index in [1.54, 1.807) is 33.7 Å². The average molecular weight is 747 g/mol. The van der Waals surface area contributed by atoms with E-state index in [0.717, 1.165) is 29.1 Å². The van der Waals surface area contributed by atoms with Crippen LogP contribution in [0.1, 0.15) is 62.8 Å². The van der Waals surface area contributed by atoms with Crippen molar-refractivity contribution in [2.24, 2.45) is 5.92 Å². The zero-order chi connectivity index (χ0) is 37.4. The Bertz CT molecular complexity index is 2400. The summed E-state index contributed by atoms with van der Waals surface area (Å²) in [4.78, 5) is 64.0. The third kappa shape index (κ3) is 5.68. The van der Waals surface area contributed by atoms with Gasteiger partial charge in [0.25, 0.3) is 17.4 Å². The van der Waals surface area contributed by atoms with E-state index in [9.17, 15) is 37.5 Å². The predicted octanol–water partition coefficient (Wildman–Crippen LogP) is 4.62. The molecule has 1 aliphatic heterocycles. The van der Waals surface area contributed by atoms with E-state index in [-0.39, 0.29) is 58.0 Å². The lowest BCUT2D eigenvalue weighted by Crippen LogP contribution is -2.48. The van der Waals surface area contributed by atoms with E-state index >= 15 is 0 Å². The molecule has 3 aliphatic rings. The van der Waals surface area contributed by atoms with Gasteiger partial charge in [-0.3, -0.25) is 19.2 Å². The molecule has 0 radical (unpaired) electrons. The molecule has 2 atom stereocenters. The molecule has 0 bridgehead atoms. The van der Waals surface area contributed by atoms with Crippen LogP contribution in [0.4, 0.5) is 18.9 Å². The second-order valence-corrected chi connectivity index (χ2v) is 13.9. The maximum absolute atomic E-state index is 14.5. The first-order chi connectivity index (χ1) is 25.3. The largest absolute Gasteiger partial charge is 0.505 e. The molecule has 4 heterocycles. The number of halogens is 4. The highest BCUT2D eigenvalue weighted by Crippen LogP contribution is 2.67. The molecule has 17 heteroatoms. The maximum atomic E-state index is 14.5. The number of rotatable bonds is 6. The normalized spacial score (nSPS) is 18.5. The quantitative estimate of drug-likeness (QED) is 0.227. The van der Waals surface area contributed by atoms with E-state index in [1.165, 1.54) is 25.4 Å². The van der Waals surface area contributed by atoms with Gasteiger partial charge in [-0.15, -0.1) is 5.10 Å². The summed E-state index contributed by atoms with van der Waals surface area (Å²) in [5.74, 6) is -1.31. The third-order valence-corrected chi connectivity index (χ3v) is 10.9. The van der Waals surface area contributed by atoms with Gasteiger partial charge in [0.05, 0.1) is 16.3 Å². The summed E-state index contributed by atoms with van der Waals surface area (Å²) in [6, 6.07) is 12.0. The van der Waals surface area contributed by atoms with E-state index in [4.69, 9.17) is 16.6 Å². The minimum Gasteiger partial charge on any atom is -0.505 e. The lowest BCUT2D eigenvalue weighted by atomic mass is 9.71. The van der Waals surface area contributed by atoms with Crippen LogP contribution in [0.5, 0.6) is 5.75 Å². The van der Waals surface area contributed by atoms with Gasteiger partial charge in [0.2, 0.25) is 11.7 Å². The minimum absolute atomic E-state index is 0.0199. The van der Waals surface area contributed by atoms with Crippen molar-refractivity contribution in [3.63, 3.8) is 0 Å². The molecule has 3 amide bonds. The number of likely N-dealkylation sites (tertiary alicyclic amines) is 1. The first kappa shape index (κ1) is 34.3. The third-order valence-electron chi connectivity index (χ3n) is 10.6. The number of aromatic nitrogens is 5. The molecule has 5 aromatic rings. The highest BCUT2D eigenvalue weighted by atomic mass is 35.5. The van der Waals surface area contributed by atoms with Crippen LogP contribution >= 0.6 is 11.6 Å². The molecular weight excluding hydrogens is 717 g/mol. The number of hydrogen-bond acceptors (Lipinski definition) is 8. The minimum atomic E-state index is -4.62. The van der Waals surface area contributed by atoms with Crippen LogP contribution in [0.3, 0.4) is 0 Å². The number of piperidine rings is 1. The molecule has 1 saturated heterocycles. The number of amides is 3. The van der Waals surface area contributed by atoms with Gasteiger partial charge in [-0.1, -0.05) is 23.7 Å². The molecule has 272 valence electrons. The molecule has 2 fully saturated rings. The van der Waals surface area contributed by atoms with E-state index in [1.807, 2.05) is 0 Å². The number of alkyl halides is 3. The molecule has 2 aromatic carbocycles. The predicted molar refractivity (Wildman–Crippen MR) is 185 cm³/mol. The van der Waals surface area contributed by atoms with Crippen LogP contribution in [0.2, 0.25) is 5.02 Å². The summed E-state index contributed by atoms with van der Waals surface area (Å²) >= 11 is 6.15. The fourth-order valence-corrected chi connectivity index (χ4v) is 8.21. The standard InChI is InChI=1S/C36H30ClF3N8O5/c1-41-31(51)19-6-4-18(5-7-19)30-44-34-47(17-26(50)43-24-9-8-20(15-23(24)37)36(38,39)40)29-21-16-22(21)35(27(29)32(52)48(34)45-30)10-13-46(14-11-35)33(53)28-25(49)3-2-12-42-28/h2-9,12,15,21-22,49H,10-11,13-14,16-17H2,1H3,(H,41,51)(H,43,50)/t21-,22+/m0/s1. The number of fused-ring (bicyclic) bond motifs is 6. The van der Waals surface area contributed by atoms with Gasteiger partial charge in [0.15, 0.2) is 11.5 Å². The molecule has 13 nitrogen and oxygen atoms in total. The average Bonchev–Trinajstić information content (AvgIpc) is 3.74.